The smallest absolute Gasteiger partial charge is 0.233 e. The second-order valence-corrected chi connectivity index (χ2v) is 12.1. The summed E-state index contributed by atoms with van der Waals surface area (Å²) in [5.41, 5.74) is 1.54. The summed E-state index contributed by atoms with van der Waals surface area (Å²) in [6.45, 7) is 2.32. The highest BCUT2D eigenvalue weighted by molar-refractivity contribution is 9.12. The SMILES string of the molecule is Cc1c(NC(=O)CCCCCN2C(=O)[C@@H]3[C@H]4C[C@@H]([C@@H](Br)[C@H]4Br)[C@H]3C2=O)ccc(Br)c1Cl. The first-order chi connectivity index (χ1) is 14.7. The van der Waals surface area contributed by atoms with Gasteiger partial charge >= 0.3 is 0 Å². The number of carbonyl (C=O) groups is 3. The molecule has 1 heterocycles. The molecule has 3 fully saturated rings. The van der Waals surface area contributed by atoms with Crippen LogP contribution in [0.15, 0.2) is 16.6 Å². The Morgan fingerprint density at radius 3 is 2.32 bits per heavy atom. The van der Waals surface area contributed by atoms with Crippen molar-refractivity contribution in [2.45, 2.75) is 48.7 Å². The molecule has 3 amide bonds. The fourth-order valence-corrected chi connectivity index (χ4v) is 7.83. The lowest BCUT2D eigenvalue weighted by atomic mass is 9.81. The van der Waals surface area contributed by atoms with E-state index in [2.05, 4.69) is 53.1 Å². The number of likely N-dealkylation sites (tertiary alicyclic amines) is 1. The number of halogens is 4. The lowest BCUT2D eigenvalue weighted by Gasteiger charge is -2.28. The maximum absolute atomic E-state index is 12.9. The molecular weight excluding hydrogens is 615 g/mol. The summed E-state index contributed by atoms with van der Waals surface area (Å²) in [6.07, 6.45) is 3.55. The second-order valence-electron chi connectivity index (χ2n) is 8.72. The summed E-state index contributed by atoms with van der Waals surface area (Å²) >= 11 is 17.0. The zero-order valence-corrected chi connectivity index (χ0v) is 22.6. The first-order valence-electron chi connectivity index (χ1n) is 10.6. The lowest BCUT2D eigenvalue weighted by Crippen LogP contribution is -2.37. The van der Waals surface area contributed by atoms with E-state index < -0.39 is 0 Å². The molecule has 1 aromatic rings. The maximum Gasteiger partial charge on any atom is 0.233 e. The van der Waals surface area contributed by atoms with Gasteiger partial charge in [-0.15, -0.1) is 0 Å². The number of anilines is 1. The van der Waals surface area contributed by atoms with Crippen molar-refractivity contribution in [2.24, 2.45) is 23.7 Å². The Bertz CT molecular complexity index is 896. The van der Waals surface area contributed by atoms with Crippen LogP contribution in [0.3, 0.4) is 0 Å². The van der Waals surface area contributed by atoms with Crippen LogP contribution >= 0.6 is 59.4 Å². The van der Waals surface area contributed by atoms with Crippen LogP contribution < -0.4 is 5.32 Å². The molecule has 0 aromatic heterocycles. The number of benzene rings is 1. The Kier molecular flexibility index (Phi) is 7.21. The fraction of sp³-hybridized carbons (Fsp3) is 0.591. The van der Waals surface area contributed by atoms with Crippen LogP contribution in [0.1, 0.15) is 37.7 Å². The zero-order chi connectivity index (χ0) is 22.4. The van der Waals surface area contributed by atoms with E-state index in [9.17, 15) is 14.4 Å². The molecule has 1 aliphatic heterocycles. The molecule has 2 aliphatic carbocycles. The fourth-order valence-electron chi connectivity index (χ4n) is 5.36. The molecule has 0 spiro atoms. The van der Waals surface area contributed by atoms with E-state index in [1.807, 2.05) is 19.1 Å². The maximum atomic E-state index is 12.9. The van der Waals surface area contributed by atoms with Gasteiger partial charge in [-0.3, -0.25) is 19.3 Å². The number of rotatable bonds is 7. The molecule has 4 rings (SSSR count). The third-order valence-electron chi connectivity index (χ3n) is 6.98. The van der Waals surface area contributed by atoms with E-state index >= 15 is 0 Å². The molecule has 168 valence electrons. The largest absolute Gasteiger partial charge is 0.326 e. The second kappa shape index (κ2) is 9.43. The number of nitrogens with one attached hydrogen (secondary N) is 1. The number of carbonyl (C=O) groups excluding carboxylic acids is 3. The molecular formula is C22H24Br3ClN2O3. The zero-order valence-electron chi connectivity index (χ0n) is 17.0. The number of unbranched alkanes of at least 4 members (excludes halogenated alkanes) is 2. The standard InChI is InChI=1S/C22H24Br3ClN2O3/c1-10-14(7-6-13(23)20(10)26)27-15(29)5-3-2-4-8-28-21(30)16-11-9-12(17(16)22(28)31)19(25)18(11)24/h6-7,11-12,16-19H,2-5,8-9H2,1H3,(H,27,29)/t11-,12-,16-,17-,18-,19+/m1/s1. The Morgan fingerprint density at radius 1 is 1.10 bits per heavy atom. The molecule has 1 aromatic carbocycles. The van der Waals surface area contributed by atoms with Crippen molar-refractivity contribution in [3.05, 3.63) is 27.2 Å². The molecule has 1 N–H and O–H groups in total. The van der Waals surface area contributed by atoms with Crippen molar-refractivity contribution in [1.82, 2.24) is 4.90 Å². The first-order valence-corrected chi connectivity index (χ1v) is 13.6. The van der Waals surface area contributed by atoms with Crippen molar-refractivity contribution < 1.29 is 14.4 Å². The van der Waals surface area contributed by atoms with E-state index in [1.54, 1.807) is 0 Å². The summed E-state index contributed by atoms with van der Waals surface area (Å²) < 4.78 is 0.797. The summed E-state index contributed by atoms with van der Waals surface area (Å²) in [5, 5.41) is 3.50. The van der Waals surface area contributed by atoms with Gasteiger partial charge in [0.2, 0.25) is 17.7 Å². The number of alkyl halides is 2. The van der Waals surface area contributed by atoms with E-state index in [4.69, 9.17) is 11.6 Å². The Balaban J connectivity index is 1.22. The summed E-state index contributed by atoms with van der Waals surface area (Å²) in [7, 11) is 0. The monoisotopic (exact) mass is 636 g/mol. The highest BCUT2D eigenvalue weighted by Crippen LogP contribution is 2.60. The number of hydrogen-bond donors (Lipinski definition) is 1. The Labute approximate surface area is 212 Å². The van der Waals surface area contributed by atoms with Crippen LogP contribution in [-0.2, 0) is 14.4 Å². The molecule has 3 aliphatic rings. The quantitative estimate of drug-likeness (QED) is 0.237. The van der Waals surface area contributed by atoms with Gasteiger partial charge < -0.3 is 5.32 Å². The predicted octanol–water partition coefficient (Wildman–Crippen LogP) is 5.69. The molecule has 5 nitrogen and oxygen atoms in total. The molecule has 1 saturated heterocycles. The average Bonchev–Trinajstić information content (AvgIpc) is 3.34. The highest BCUT2D eigenvalue weighted by Gasteiger charge is 2.66. The summed E-state index contributed by atoms with van der Waals surface area (Å²) in [5.74, 6) is 0.149. The van der Waals surface area contributed by atoms with Gasteiger partial charge in [-0.2, -0.15) is 0 Å². The molecule has 2 saturated carbocycles. The van der Waals surface area contributed by atoms with E-state index in [1.165, 1.54) is 4.90 Å². The minimum absolute atomic E-state index is 0.00619. The Morgan fingerprint density at radius 2 is 1.71 bits per heavy atom. The number of fused-ring (bicyclic) bond motifs is 5. The van der Waals surface area contributed by atoms with Gasteiger partial charge in [0.05, 0.1) is 16.9 Å². The van der Waals surface area contributed by atoms with Crippen LogP contribution in [0.2, 0.25) is 5.02 Å². The minimum Gasteiger partial charge on any atom is -0.326 e. The normalized spacial score (nSPS) is 31.5. The van der Waals surface area contributed by atoms with Gasteiger partial charge in [-0.25, -0.2) is 0 Å². The van der Waals surface area contributed by atoms with Gasteiger partial charge in [-0.1, -0.05) is 49.9 Å². The summed E-state index contributed by atoms with van der Waals surface area (Å²) in [6, 6.07) is 3.64. The Hall–Kier alpha value is -0.440. The number of hydrogen-bond acceptors (Lipinski definition) is 3. The highest BCUT2D eigenvalue weighted by atomic mass is 79.9. The van der Waals surface area contributed by atoms with Gasteiger partial charge in [0, 0.05) is 32.8 Å². The van der Waals surface area contributed by atoms with Gasteiger partial charge in [0.1, 0.15) is 0 Å². The van der Waals surface area contributed by atoms with Crippen molar-refractivity contribution in [3.8, 4) is 0 Å². The van der Waals surface area contributed by atoms with E-state index in [0.717, 1.165) is 29.3 Å². The molecule has 31 heavy (non-hydrogen) atoms. The number of nitrogens with zero attached hydrogens (tertiary/aromatic N) is 1. The predicted molar refractivity (Wildman–Crippen MR) is 132 cm³/mol. The third-order valence-corrected chi connectivity index (χ3v) is 11.6. The van der Waals surface area contributed by atoms with E-state index in [-0.39, 0.29) is 51.0 Å². The number of amides is 3. The molecule has 0 radical (unpaired) electrons. The third kappa shape index (κ3) is 4.26. The van der Waals surface area contributed by atoms with Crippen molar-refractivity contribution in [3.63, 3.8) is 0 Å². The van der Waals surface area contributed by atoms with Crippen molar-refractivity contribution >= 4 is 82.8 Å². The van der Waals surface area contributed by atoms with Gasteiger partial charge in [0.15, 0.2) is 0 Å². The van der Waals surface area contributed by atoms with Crippen molar-refractivity contribution in [2.75, 3.05) is 11.9 Å². The van der Waals surface area contributed by atoms with Crippen LogP contribution in [-0.4, -0.2) is 38.8 Å². The van der Waals surface area contributed by atoms with Gasteiger partial charge in [0.25, 0.3) is 0 Å². The minimum atomic E-state index is -0.151. The van der Waals surface area contributed by atoms with E-state index in [0.29, 0.717) is 30.1 Å². The molecule has 0 unspecified atom stereocenters. The van der Waals surface area contributed by atoms with Crippen molar-refractivity contribution in [1.29, 1.82) is 0 Å². The van der Waals surface area contributed by atoms with Crippen LogP contribution in [0.4, 0.5) is 5.69 Å². The van der Waals surface area contributed by atoms with Gasteiger partial charge in [-0.05, 0) is 71.6 Å². The lowest BCUT2D eigenvalue weighted by molar-refractivity contribution is -0.140. The molecule has 6 atom stereocenters. The van der Waals surface area contributed by atoms with Crippen LogP contribution in [0.5, 0.6) is 0 Å². The topological polar surface area (TPSA) is 66.5 Å². The van der Waals surface area contributed by atoms with Crippen LogP contribution in [0, 0.1) is 30.6 Å². The van der Waals surface area contributed by atoms with Crippen LogP contribution in [0.25, 0.3) is 0 Å². The average molecular weight is 640 g/mol. The first kappa shape index (κ1) is 23.7. The molecule has 2 bridgehead atoms. The molecule has 9 heteroatoms. The number of imide groups is 1. The summed E-state index contributed by atoms with van der Waals surface area (Å²) in [4.78, 5) is 40.0.